The predicted octanol–water partition coefficient (Wildman–Crippen LogP) is -0.0369. The SMILES string of the molecule is NNC(=O)c1ccccc1COC=O. The summed E-state index contributed by atoms with van der Waals surface area (Å²) in [5.74, 6) is 4.58. The molecule has 0 aliphatic heterocycles. The van der Waals surface area contributed by atoms with Crippen LogP contribution in [0.25, 0.3) is 0 Å². The standard InChI is InChI=1S/C9H10N2O3/c10-11-9(13)8-4-2-1-3-7(8)5-14-6-12/h1-4,6H,5,10H2,(H,11,13). The van der Waals surface area contributed by atoms with Gasteiger partial charge in [0, 0.05) is 11.1 Å². The molecule has 5 heteroatoms. The van der Waals surface area contributed by atoms with Crippen LogP contribution in [-0.2, 0) is 16.1 Å². The number of nitrogens with two attached hydrogens (primary N) is 1. The number of amides is 1. The zero-order valence-electron chi connectivity index (χ0n) is 7.40. The number of carbonyl (C=O) groups is 2. The molecule has 1 aromatic carbocycles. The third kappa shape index (κ3) is 2.30. The number of nitrogen functional groups attached to an aromatic ring is 1. The van der Waals surface area contributed by atoms with E-state index in [9.17, 15) is 9.59 Å². The van der Waals surface area contributed by atoms with Crippen LogP contribution in [0.5, 0.6) is 0 Å². The molecule has 0 fully saturated rings. The Kier molecular flexibility index (Phi) is 3.63. The quantitative estimate of drug-likeness (QED) is 0.305. The molecular formula is C9H10N2O3. The van der Waals surface area contributed by atoms with E-state index in [-0.39, 0.29) is 6.61 Å². The number of carbonyl (C=O) groups excluding carboxylic acids is 2. The fourth-order valence-electron chi connectivity index (χ4n) is 1.07. The molecule has 0 unspecified atom stereocenters. The van der Waals surface area contributed by atoms with Crippen LogP contribution in [0.15, 0.2) is 24.3 Å². The number of benzene rings is 1. The minimum Gasteiger partial charge on any atom is -0.463 e. The van der Waals surface area contributed by atoms with Gasteiger partial charge in [-0.1, -0.05) is 18.2 Å². The summed E-state index contributed by atoms with van der Waals surface area (Å²) in [6.45, 7) is 0.393. The number of hydrogen-bond acceptors (Lipinski definition) is 4. The maximum Gasteiger partial charge on any atom is 0.293 e. The highest BCUT2D eigenvalue weighted by Crippen LogP contribution is 2.09. The van der Waals surface area contributed by atoms with E-state index in [1.807, 2.05) is 5.43 Å². The van der Waals surface area contributed by atoms with E-state index in [1.165, 1.54) is 0 Å². The fraction of sp³-hybridized carbons (Fsp3) is 0.111. The fourth-order valence-corrected chi connectivity index (χ4v) is 1.07. The van der Waals surface area contributed by atoms with Crippen LogP contribution in [0.3, 0.4) is 0 Å². The van der Waals surface area contributed by atoms with Gasteiger partial charge in [-0.15, -0.1) is 0 Å². The molecule has 0 bridgehead atoms. The number of hydrogen-bond donors (Lipinski definition) is 2. The lowest BCUT2D eigenvalue weighted by Crippen LogP contribution is -2.30. The molecule has 14 heavy (non-hydrogen) atoms. The second kappa shape index (κ2) is 4.98. The van der Waals surface area contributed by atoms with Crippen molar-refractivity contribution >= 4 is 12.4 Å². The van der Waals surface area contributed by atoms with Crippen molar-refractivity contribution in [1.29, 1.82) is 0 Å². The van der Waals surface area contributed by atoms with Crippen molar-refractivity contribution in [3.8, 4) is 0 Å². The minimum absolute atomic E-state index is 0.0626. The summed E-state index contributed by atoms with van der Waals surface area (Å²) in [5.41, 5.74) is 3.03. The molecule has 0 aliphatic rings. The van der Waals surface area contributed by atoms with Crippen LogP contribution in [0, 0.1) is 0 Å². The van der Waals surface area contributed by atoms with E-state index in [2.05, 4.69) is 4.74 Å². The van der Waals surface area contributed by atoms with Crippen LogP contribution in [-0.4, -0.2) is 12.4 Å². The van der Waals surface area contributed by atoms with Gasteiger partial charge in [0.1, 0.15) is 6.61 Å². The van der Waals surface area contributed by atoms with Crippen molar-refractivity contribution in [2.24, 2.45) is 5.84 Å². The predicted molar refractivity (Wildman–Crippen MR) is 48.9 cm³/mol. The molecule has 0 spiro atoms. The van der Waals surface area contributed by atoms with E-state index in [1.54, 1.807) is 24.3 Å². The summed E-state index contributed by atoms with van der Waals surface area (Å²) in [7, 11) is 0. The van der Waals surface area contributed by atoms with Gasteiger partial charge in [-0.05, 0) is 6.07 Å². The molecule has 0 aliphatic carbocycles. The maximum absolute atomic E-state index is 11.2. The van der Waals surface area contributed by atoms with Gasteiger partial charge in [0.15, 0.2) is 0 Å². The van der Waals surface area contributed by atoms with Gasteiger partial charge in [-0.25, -0.2) is 5.84 Å². The highest BCUT2D eigenvalue weighted by atomic mass is 16.5. The monoisotopic (exact) mass is 194 g/mol. The van der Waals surface area contributed by atoms with Crippen LogP contribution < -0.4 is 11.3 Å². The van der Waals surface area contributed by atoms with Gasteiger partial charge in [0.25, 0.3) is 12.4 Å². The number of nitrogens with one attached hydrogen (secondary N) is 1. The lowest BCUT2D eigenvalue weighted by molar-refractivity contribution is -0.129. The Morgan fingerprint density at radius 3 is 2.86 bits per heavy atom. The van der Waals surface area contributed by atoms with E-state index >= 15 is 0 Å². The van der Waals surface area contributed by atoms with Gasteiger partial charge in [0.05, 0.1) is 0 Å². The highest BCUT2D eigenvalue weighted by Gasteiger charge is 2.08. The molecule has 0 saturated carbocycles. The summed E-state index contributed by atoms with van der Waals surface area (Å²) in [4.78, 5) is 21.2. The largest absolute Gasteiger partial charge is 0.463 e. The summed E-state index contributed by atoms with van der Waals surface area (Å²) in [6.07, 6.45) is 0. The average molecular weight is 194 g/mol. The Morgan fingerprint density at radius 1 is 1.50 bits per heavy atom. The summed E-state index contributed by atoms with van der Waals surface area (Å²) >= 11 is 0. The first-order valence-electron chi connectivity index (χ1n) is 3.93. The van der Waals surface area contributed by atoms with Gasteiger partial charge in [0.2, 0.25) is 0 Å². The van der Waals surface area contributed by atoms with Gasteiger partial charge < -0.3 is 4.74 Å². The van der Waals surface area contributed by atoms with E-state index < -0.39 is 5.91 Å². The number of hydrazine groups is 1. The van der Waals surface area contributed by atoms with E-state index in [0.29, 0.717) is 17.6 Å². The molecule has 0 saturated heterocycles. The molecule has 1 rings (SSSR count). The third-order valence-electron chi connectivity index (χ3n) is 1.70. The van der Waals surface area contributed by atoms with E-state index in [4.69, 9.17) is 5.84 Å². The molecule has 0 heterocycles. The van der Waals surface area contributed by atoms with Crippen molar-refractivity contribution in [3.63, 3.8) is 0 Å². The van der Waals surface area contributed by atoms with Crippen molar-refractivity contribution in [2.45, 2.75) is 6.61 Å². The summed E-state index contributed by atoms with van der Waals surface area (Å²) in [6, 6.07) is 6.74. The molecule has 3 N–H and O–H groups in total. The normalized spacial score (nSPS) is 9.21. The first-order valence-corrected chi connectivity index (χ1v) is 3.93. The van der Waals surface area contributed by atoms with Crippen LogP contribution in [0.1, 0.15) is 15.9 Å². The molecule has 74 valence electrons. The Morgan fingerprint density at radius 2 is 2.21 bits per heavy atom. The van der Waals surface area contributed by atoms with Gasteiger partial charge in [-0.2, -0.15) is 0 Å². The summed E-state index contributed by atoms with van der Waals surface area (Å²) in [5, 5.41) is 0. The topological polar surface area (TPSA) is 81.4 Å². The number of rotatable bonds is 4. The van der Waals surface area contributed by atoms with Crippen LogP contribution >= 0.6 is 0 Å². The molecule has 5 nitrogen and oxygen atoms in total. The Labute approximate surface area is 80.8 Å². The third-order valence-corrected chi connectivity index (χ3v) is 1.70. The second-order valence-corrected chi connectivity index (χ2v) is 2.54. The van der Waals surface area contributed by atoms with Gasteiger partial charge in [-0.3, -0.25) is 15.0 Å². The summed E-state index contributed by atoms with van der Waals surface area (Å²) < 4.78 is 4.55. The molecular weight excluding hydrogens is 184 g/mol. The first kappa shape index (κ1) is 10.2. The molecule has 1 amide bonds. The van der Waals surface area contributed by atoms with Gasteiger partial charge >= 0.3 is 0 Å². The highest BCUT2D eigenvalue weighted by molar-refractivity contribution is 5.95. The Bertz CT molecular complexity index is 339. The Balaban J connectivity index is 2.90. The smallest absolute Gasteiger partial charge is 0.293 e. The maximum atomic E-state index is 11.2. The van der Waals surface area contributed by atoms with Crippen LogP contribution in [0.4, 0.5) is 0 Å². The van der Waals surface area contributed by atoms with Crippen molar-refractivity contribution in [1.82, 2.24) is 5.43 Å². The molecule has 1 aromatic rings. The first-order chi connectivity index (χ1) is 6.79. The second-order valence-electron chi connectivity index (χ2n) is 2.54. The van der Waals surface area contributed by atoms with Crippen molar-refractivity contribution < 1.29 is 14.3 Å². The van der Waals surface area contributed by atoms with Crippen molar-refractivity contribution in [2.75, 3.05) is 0 Å². The Hall–Kier alpha value is -1.88. The molecule has 0 radical (unpaired) electrons. The molecule has 0 atom stereocenters. The number of ether oxygens (including phenoxy) is 1. The lowest BCUT2D eigenvalue weighted by Gasteiger charge is -2.06. The zero-order chi connectivity index (χ0) is 10.4. The van der Waals surface area contributed by atoms with Crippen molar-refractivity contribution in [3.05, 3.63) is 35.4 Å². The van der Waals surface area contributed by atoms with Crippen LogP contribution in [0.2, 0.25) is 0 Å². The average Bonchev–Trinajstić information content (AvgIpc) is 2.25. The molecule has 0 aromatic heterocycles. The lowest BCUT2D eigenvalue weighted by atomic mass is 10.1. The van der Waals surface area contributed by atoms with E-state index in [0.717, 1.165) is 0 Å². The minimum atomic E-state index is -0.407. The zero-order valence-corrected chi connectivity index (χ0v) is 7.40.